The zero-order valence-corrected chi connectivity index (χ0v) is 20.4. The molecule has 0 bridgehead atoms. The SMILES string of the molecule is Cc1cccc2cc(CN(CCc3ccc(F)cc3)C(=O)C3CCC3)c(N3CCCC(O)C3)nc12. The standard InChI is InChI=1S/C29H34FN3O2/c1-20-5-2-8-23-17-24(28(31-27(20)23)32-15-4-9-26(34)19-32)18-33(29(35)22-6-3-7-22)16-14-21-10-12-25(30)13-11-21/h2,5,8,10-13,17,22,26,34H,3-4,6-7,9,14-16,18-19H2,1H3. The Balaban J connectivity index is 1.47. The molecule has 2 aliphatic rings. The number of rotatable bonds is 7. The average Bonchev–Trinajstić information content (AvgIpc) is 2.81. The molecule has 1 aromatic heterocycles. The van der Waals surface area contributed by atoms with Crippen LogP contribution in [0.25, 0.3) is 10.9 Å². The number of para-hydroxylation sites is 1. The molecule has 2 fully saturated rings. The van der Waals surface area contributed by atoms with Crippen molar-refractivity contribution in [3.63, 3.8) is 0 Å². The summed E-state index contributed by atoms with van der Waals surface area (Å²) in [4.78, 5) is 22.7. The largest absolute Gasteiger partial charge is 0.391 e. The highest BCUT2D eigenvalue weighted by molar-refractivity contribution is 5.85. The number of piperidine rings is 1. The van der Waals surface area contributed by atoms with Gasteiger partial charge >= 0.3 is 0 Å². The maximum Gasteiger partial charge on any atom is 0.225 e. The van der Waals surface area contributed by atoms with Crippen molar-refractivity contribution < 1.29 is 14.3 Å². The average molecular weight is 476 g/mol. The van der Waals surface area contributed by atoms with Crippen molar-refractivity contribution in [1.82, 2.24) is 9.88 Å². The predicted molar refractivity (Wildman–Crippen MR) is 137 cm³/mol. The molecule has 0 radical (unpaired) electrons. The highest BCUT2D eigenvalue weighted by atomic mass is 19.1. The first-order chi connectivity index (χ1) is 17.0. The molecule has 1 unspecified atom stereocenters. The van der Waals surface area contributed by atoms with Gasteiger partial charge in [-0.1, -0.05) is 36.8 Å². The van der Waals surface area contributed by atoms with E-state index >= 15 is 0 Å². The maximum absolute atomic E-state index is 13.5. The Morgan fingerprint density at radius 2 is 1.94 bits per heavy atom. The molecular formula is C29H34FN3O2. The van der Waals surface area contributed by atoms with Gasteiger partial charge in [0.05, 0.1) is 11.6 Å². The molecule has 2 heterocycles. The molecule has 35 heavy (non-hydrogen) atoms. The van der Waals surface area contributed by atoms with Gasteiger partial charge < -0.3 is 14.9 Å². The van der Waals surface area contributed by atoms with Gasteiger partial charge in [0, 0.05) is 43.0 Å². The fourth-order valence-corrected chi connectivity index (χ4v) is 5.22. The lowest BCUT2D eigenvalue weighted by Crippen LogP contribution is -2.41. The molecule has 1 atom stereocenters. The Hall–Kier alpha value is -2.99. The number of pyridine rings is 1. The summed E-state index contributed by atoms with van der Waals surface area (Å²) in [5.41, 5.74) is 4.12. The first kappa shape index (κ1) is 23.7. The second-order valence-electron chi connectivity index (χ2n) is 10.1. The van der Waals surface area contributed by atoms with E-state index in [4.69, 9.17) is 4.98 Å². The molecule has 1 aliphatic heterocycles. The van der Waals surface area contributed by atoms with Crippen LogP contribution in [0, 0.1) is 18.7 Å². The van der Waals surface area contributed by atoms with Gasteiger partial charge in [-0.25, -0.2) is 9.37 Å². The number of nitrogens with zero attached hydrogens (tertiary/aromatic N) is 3. The molecule has 1 saturated carbocycles. The highest BCUT2D eigenvalue weighted by Gasteiger charge is 2.31. The molecule has 5 rings (SSSR count). The second-order valence-corrected chi connectivity index (χ2v) is 10.1. The smallest absolute Gasteiger partial charge is 0.225 e. The van der Waals surface area contributed by atoms with E-state index in [0.717, 1.165) is 72.1 Å². The predicted octanol–water partition coefficient (Wildman–Crippen LogP) is 5.01. The van der Waals surface area contributed by atoms with Gasteiger partial charge in [0.1, 0.15) is 11.6 Å². The number of aryl methyl sites for hydroxylation is 1. The monoisotopic (exact) mass is 475 g/mol. The Morgan fingerprint density at radius 1 is 1.14 bits per heavy atom. The van der Waals surface area contributed by atoms with Gasteiger partial charge in [-0.05, 0) is 68.4 Å². The lowest BCUT2D eigenvalue weighted by Gasteiger charge is -2.35. The molecule has 3 aromatic rings. The molecule has 5 nitrogen and oxygen atoms in total. The van der Waals surface area contributed by atoms with E-state index in [1.54, 1.807) is 12.1 Å². The molecule has 2 aromatic carbocycles. The van der Waals surface area contributed by atoms with E-state index in [1.165, 1.54) is 12.1 Å². The summed E-state index contributed by atoms with van der Waals surface area (Å²) < 4.78 is 13.4. The highest BCUT2D eigenvalue weighted by Crippen LogP contribution is 2.32. The van der Waals surface area contributed by atoms with E-state index in [-0.39, 0.29) is 23.7 Å². The molecule has 1 N–H and O–H groups in total. The number of anilines is 1. The van der Waals surface area contributed by atoms with Crippen LogP contribution in [0.1, 0.15) is 48.8 Å². The summed E-state index contributed by atoms with van der Waals surface area (Å²) in [6, 6.07) is 14.9. The third-order valence-electron chi connectivity index (χ3n) is 7.51. The molecular weight excluding hydrogens is 441 g/mol. The minimum atomic E-state index is -0.364. The molecule has 1 saturated heterocycles. The number of hydrogen-bond donors (Lipinski definition) is 1. The summed E-state index contributed by atoms with van der Waals surface area (Å²) in [6.07, 6.45) is 5.05. The van der Waals surface area contributed by atoms with Crippen molar-refractivity contribution >= 4 is 22.6 Å². The molecule has 1 aliphatic carbocycles. The van der Waals surface area contributed by atoms with Crippen LogP contribution in [0.2, 0.25) is 0 Å². The van der Waals surface area contributed by atoms with Crippen molar-refractivity contribution in [2.45, 2.75) is 58.1 Å². The number of hydrogen-bond acceptors (Lipinski definition) is 4. The van der Waals surface area contributed by atoms with Crippen LogP contribution in [-0.4, -0.2) is 46.6 Å². The Labute approximate surface area is 206 Å². The van der Waals surface area contributed by atoms with Crippen LogP contribution in [0.5, 0.6) is 0 Å². The fraction of sp³-hybridized carbons (Fsp3) is 0.448. The number of benzene rings is 2. The van der Waals surface area contributed by atoms with Crippen molar-refractivity contribution in [3.05, 3.63) is 71.0 Å². The quantitative estimate of drug-likeness (QED) is 0.522. The summed E-state index contributed by atoms with van der Waals surface area (Å²) in [5.74, 6) is 0.923. The van der Waals surface area contributed by atoms with E-state index in [1.807, 2.05) is 11.0 Å². The molecule has 184 valence electrons. The zero-order chi connectivity index (χ0) is 24.4. The fourth-order valence-electron chi connectivity index (χ4n) is 5.22. The zero-order valence-electron chi connectivity index (χ0n) is 20.4. The molecule has 1 amide bonds. The van der Waals surface area contributed by atoms with Crippen LogP contribution in [0.3, 0.4) is 0 Å². The van der Waals surface area contributed by atoms with E-state index in [0.29, 0.717) is 26.1 Å². The number of aliphatic hydroxyl groups is 1. The van der Waals surface area contributed by atoms with E-state index in [9.17, 15) is 14.3 Å². The summed E-state index contributed by atoms with van der Waals surface area (Å²) in [6.45, 7) is 4.54. The van der Waals surface area contributed by atoms with Crippen molar-refractivity contribution in [3.8, 4) is 0 Å². The van der Waals surface area contributed by atoms with Crippen LogP contribution >= 0.6 is 0 Å². The van der Waals surface area contributed by atoms with Gasteiger partial charge in [0.15, 0.2) is 0 Å². The second kappa shape index (κ2) is 10.3. The third-order valence-corrected chi connectivity index (χ3v) is 7.51. The van der Waals surface area contributed by atoms with Crippen LogP contribution in [0.15, 0.2) is 48.5 Å². The van der Waals surface area contributed by atoms with Crippen LogP contribution in [-0.2, 0) is 17.8 Å². The topological polar surface area (TPSA) is 56.7 Å². The molecule has 6 heteroatoms. The minimum Gasteiger partial charge on any atom is -0.391 e. The lowest BCUT2D eigenvalue weighted by molar-refractivity contribution is -0.138. The Bertz CT molecular complexity index is 1190. The number of halogens is 1. The van der Waals surface area contributed by atoms with Crippen molar-refractivity contribution in [2.75, 3.05) is 24.5 Å². The summed E-state index contributed by atoms with van der Waals surface area (Å²) in [7, 11) is 0. The van der Waals surface area contributed by atoms with Gasteiger partial charge in [-0.2, -0.15) is 0 Å². The van der Waals surface area contributed by atoms with Crippen LogP contribution < -0.4 is 4.90 Å². The number of aliphatic hydroxyl groups excluding tert-OH is 1. The van der Waals surface area contributed by atoms with Gasteiger partial charge in [-0.3, -0.25) is 4.79 Å². The number of fused-ring (bicyclic) bond motifs is 1. The number of carbonyl (C=O) groups is 1. The third kappa shape index (κ3) is 5.32. The number of β-amino-alcohol motifs (C(OH)–C–C–N with tert-alkyl or cyclic N) is 1. The van der Waals surface area contributed by atoms with Gasteiger partial charge in [-0.15, -0.1) is 0 Å². The van der Waals surface area contributed by atoms with Crippen molar-refractivity contribution in [1.29, 1.82) is 0 Å². The lowest BCUT2D eigenvalue weighted by atomic mass is 9.84. The summed E-state index contributed by atoms with van der Waals surface area (Å²) >= 11 is 0. The minimum absolute atomic E-state index is 0.0964. The number of aromatic nitrogens is 1. The van der Waals surface area contributed by atoms with E-state index in [2.05, 4.69) is 30.0 Å². The normalized spacial score (nSPS) is 18.5. The van der Waals surface area contributed by atoms with Crippen molar-refractivity contribution in [2.24, 2.45) is 5.92 Å². The van der Waals surface area contributed by atoms with Gasteiger partial charge in [0.2, 0.25) is 5.91 Å². The number of amides is 1. The Kier molecular flexibility index (Phi) is 7.00. The van der Waals surface area contributed by atoms with E-state index < -0.39 is 0 Å². The maximum atomic E-state index is 13.5. The first-order valence-electron chi connectivity index (χ1n) is 12.8. The van der Waals surface area contributed by atoms with Crippen LogP contribution in [0.4, 0.5) is 10.2 Å². The first-order valence-corrected chi connectivity index (χ1v) is 12.8. The summed E-state index contributed by atoms with van der Waals surface area (Å²) in [5, 5.41) is 11.4. The van der Waals surface area contributed by atoms with Gasteiger partial charge in [0.25, 0.3) is 0 Å². The molecule has 0 spiro atoms. The Morgan fingerprint density at radius 3 is 2.66 bits per heavy atom. The number of carbonyl (C=O) groups excluding carboxylic acids is 1.